The maximum absolute atomic E-state index is 12.8. The molecule has 182 valence electrons. The normalized spacial score (nSPS) is 12.4. The summed E-state index contributed by atoms with van der Waals surface area (Å²) in [6.45, 7) is 5.48. The van der Waals surface area contributed by atoms with Crippen molar-refractivity contribution < 1.29 is 27.4 Å². The van der Waals surface area contributed by atoms with Gasteiger partial charge in [0.25, 0.3) is 5.91 Å². The molecule has 1 N–H and O–H groups in total. The zero-order valence-corrected chi connectivity index (χ0v) is 20.6. The van der Waals surface area contributed by atoms with Crippen LogP contribution in [0.4, 0.5) is 5.82 Å². The number of anilines is 1. The van der Waals surface area contributed by atoms with Gasteiger partial charge in [0.15, 0.2) is 15.7 Å². The van der Waals surface area contributed by atoms with Crippen LogP contribution < -0.4 is 14.8 Å². The van der Waals surface area contributed by atoms with Gasteiger partial charge in [0, 0.05) is 38.1 Å². The summed E-state index contributed by atoms with van der Waals surface area (Å²) in [6.07, 6.45) is 1.46. The first-order chi connectivity index (χ1) is 16.1. The second-order valence-electron chi connectivity index (χ2n) is 8.07. The molecule has 0 aliphatic rings. The first-order valence-electron chi connectivity index (χ1n) is 10.7. The highest BCUT2D eigenvalue weighted by atomic mass is 32.2. The van der Waals surface area contributed by atoms with Crippen molar-refractivity contribution in [1.29, 1.82) is 0 Å². The monoisotopic (exact) mass is 487 g/mol. The number of benzene rings is 2. The van der Waals surface area contributed by atoms with Crippen LogP contribution in [0.25, 0.3) is 0 Å². The predicted octanol–water partition coefficient (Wildman–Crippen LogP) is 4.06. The molecule has 1 aromatic heterocycles. The molecule has 2 aromatic carbocycles. The quantitative estimate of drug-likeness (QED) is 0.459. The van der Waals surface area contributed by atoms with Crippen LogP contribution in [0.5, 0.6) is 17.2 Å². The van der Waals surface area contributed by atoms with Gasteiger partial charge in [-0.3, -0.25) is 9.48 Å². The van der Waals surface area contributed by atoms with Crippen LogP contribution in [-0.4, -0.2) is 49.2 Å². The largest absolute Gasteiger partial charge is 0.488 e. The third-order valence-electron chi connectivity index (χ3n) is 4.84. The number of nitrogens with zero attached hydrogens (tertiary/aromatic N) is 2. The standard InChI is InChI=1S/C24H29N3O6S/c1-16(2)34(29,30)22-8-6-19(7-9-22)33-21-13-18(12-20(14-21)32-17(3)15-31-5)24(28)25-23-10-11-27(4)26-23/h6-14,16-17H,15H2,1-5H3,(H,25,26,28). The van der Waals surface area contributed by atoms with E-state index in [1.54, 1.807) is 75.3 Å². The SMILES string of the molecule is COCC(C)Oc1cc(Oc2ccc(S(=O)(=O)C(C)C)cc2)cc(C(=O)Nc2ccn(C)n2)c1. The Morgan fingerprint density at radius 2 is 1.71 bits per heavy atom. The molecule has 0 aliphatic carbocycles. The van der Waals surface area contributed by atoms with Gasteiger partial charge >= 0.3 is 0 Å². The summed E-state index contributed by atoms with van der Waals surface area (Å²) in [6, 6.07) is 12.7. The maximum atomic E-state index is 12.8. The Labute approximate surface area is 199 Å². The lowest BCUT2D eigenvalue weighted by Gasteiger charge is -2.16. The fourth-order valence-corrected chi connectivity index (χ4v) is 4.17. The highest BCUT2D eigenvalue weighted by molar-refractivity contribution is 7.92. The molecule has 9 nitrogen and oxygen atoms in total. The van der Waals surface area contributed by atoms with Crippen molar-refractivity contribution in [2.24, 2.45) is 7.05 Å². The molecule has 0 aliphatic heterocycles. The molecule has 3 aromatic rings. The van der Waals surface area contributed by atoms with Gasteiger partial charge < -0.3 is 19.5 Å². The Morgan fingerprint density at radius 1 is 1.03 bits per heavy atom. The summed E-state index contributed by atoms with van der Waals surface area (Å²) in [5.41, 5.74) is 0.307. The average molecular weight is 488 g/mol. The minimum atomic E-state index is -3.39. The van der Waals surface area contributed by atoms with E-state index < -0.39 is 15.1 Å². The number of carbonyl (C=O) groups excluding carboxylic acids is 1. The highest BCUT2D eigenvalue weighted by Crippen LogP contribution is 2.30. The zero-order valence-electron chi connectivity index (χ0n) is 19.8. The topological polar surface area (TPSA) is 109 Å². The Morgan fingerprint density at radius 3 is 2.29 bits per heavy atom. The van der Waals surface area contributed by atoms with Crippen molar-refractivity contribution in [1.82, 2.24) is 9.78 Å². The lowest BCUT2D eigenvalue weighted by Crippen LogP contribution is -2.18. The molecule has 0 radical (unpaired) electrons. The summed E-state index contributed by atoms with van der Waals surface area (Å²) < 4.78 is 43.2. The van der Waals surface area contributed by atoms with Crippen LogP contribution in [0.2, 0.25) is 0 Å². The van der Waals surface area contributed by atoms with E-state index in [1.165, 1.54) is 12.1 Å². The molecule has 0 saturated carbocycles. The second kappa shape index (κ2) is 10.7. The number of methoxy groups -OCH3 is 1. The van der Waals surface area contributed by atoms with Crippen molar-refractivity contribution in [3.05, 3.63) is 60.3 Å². The van der Waals surface area contributed by atoms with E-state index in [1.807, 2.05) is 6.92 Å². The van der Waals surface area contributed by atoms with Crippen LogP contribution >= 0.6 is 0 Å². The Bertz CT molecular complexity index is 1240. The van der Waals surface area contributed by atoms with E-state index in [4.69, 9.17) is 14.2 Å². The minimum Gasteiger partial charge on any atom is -0.488 e. The summed E-state index contributed by atoms with van der Waals surface area (Å²) in [5.74, 6) is 1.23. The van der Waals surface area contributed by atoms with E-state index in [0.29, 0.717) is 35.2 Å². The predicted molar refractivity (Wildman–Crippen MR) is 128 cm³/mol. The maximum Gasteiger partial charge on any atom is 0.257 e. The van der Waals surface area contributed by atoms with Crippen LogP contribution in [-0.2, 0) is 21.6 Å². The summed E-state index contributed by atoms with van der Waals surface area (Å²) in [4.78, 5) is 13.1. The van der Waals surface area contributed by atoms with E-state index in [9.17, 15) is 13.2 Å². The lowest BCUT2D eigenvalue weighted by atomic mass is 10.2. The van der Waals surface area contributed by atoms with Crippen molar-refractivity contribution in [2.75, 3.05) is 19.0 Å². The summed E-state index contributed by atoms with van der Waals surface area (Å²) in [7, 11) is -0.0536. The molecule has 0 bridgehead atoms. The molecule has 1 heterocycles. The van der Waals surface area contributed by atoms with Gasteiger partial charge in [-0.2, -0.15) is 5.10 Å². The van der Waals surface area contributed by atoms with Crippen LogP contribution in [0.3, 0.4) is 0 Å². The van der Waals surface area contributed by atoms with Gasteiger partial charge in [-0.15, -0.1) is 0 Å². The van der Waals surface area contributed by atoms with E-state index in [0.717, 1.165) is 0 Å². The molecule has 1 amide bonds. The number of hydrogen-bond donors (Lipinski definition) is 1. The van der Waals surface area contributed by atoms with Gasteiger partial charge in [0.05, 0.1) is 16.8 Å². The van der Waals surface area contributed by atoms with E-state index in [-0.39, 0.29) is 16.9 Å². The number of carbonyl (C=O) groups is 1. The third kappa shape index (κ3) is 6.36. The molecule has 3 rings (SSSR count). The van der Waals surface area contributed by atoms with Crippen molar-refractivity contribution in [3.63, 3.8) is 0 Å². The van der Waals surface area contributed by atoms with Crippen LogP contribution in [0.1, 0.15) is 31.1 Å². The Kier molecular flexibility index (Phi) is 7.95. The molecule has 34 heavy (non-hydrogen) atoms. The van der Waals surface area contributed by atoms with E-state index in [2.05, 4.69) is 10.4 Å². The minimum absolute atomic E-state index is 0.218. The zero-order chi connectivity index (χ0) is 24.9. The molecule has 10 heteroatoms. The van der Waals surface area contributed by atoms with Gasteiger partial charge in [0.2, 0.25) is 0 Å². The number of aromatic nitrogens is 2. The molecular weight excluding hydrogens is 458 g/mol. The number of sulfone groups is 1. The average Bonchev–Trinajstić information content (AvgIpc) is 3.18. The Hall–Kier alpha value is -3.37. The van der Waals surface area contributed by atoms with Crippen LogP contribution in [0.15, 0.2) is 59.6 Å². The molecule has 1 unspecified atom stereocenters. The molecular formula is C24H29N3O6S. The molecule has 0 fully saturated rings. The van der Waals surface area contributed by atoms with Crippen molar-refractivity contribution in [3.8, 4) is 17.2 Å². The first kappa shape index (κ1) is 25.3. The third-order valence-corrected chi connectivity index (χ3v) is 7.02. The summed E-state index contributed by atoms with van der Waals surface area (Å²) >= 11 is 0. The fourth-order valence-electron chi connectivity index (χ4n) is 3.11. The summed E-state index contributed by atoms with van der Waals surface area (Å²) in [5, 5.41) is 6.37. The van der Waals surface area contributed by atoms with E-state index >= 15 is 0 Å². The van der Waals surface area contributed by atoms with Gasteiger partial charge in [-0.1, -0.05) is 0 Å². The lowest BCUT2D eigenvalue weighted by molar-refractivity contribution is 0.0915. The molecule has 0 saturated heterocycles. The number of nitrogens with one attached hydrogen (secondary N) is 1. The number of aryl methyl sites for hydroxylation is 1. The first-order valence-corrected chi connectivity index (χ1v) is 12.3. The Balaban J connectivity index is 1.87. The highest BCUT2D eigenvalue weighted by Gasteiger charge is 2.19. The number of amides is 1. The number of hydrogen-bond acceptors (Lipinski definition) is 7. The second-order valence-corrected chi connectivity index (χ2v) is 10.6. The number of rotatable bonds is 10. The van der Waals surface area contributed by atoms with Crippen LogP contribution in [0, 0.1) is 0 Å². The van der Waals surface area contributed by atoms with Gasteiger partial charge in [-0.25, -0.2) is 8.42 Å². The van der Waals surface area contributed by atoms with Crippen molar-refractivity contribution in [2.45, 2.75) is 37.0 Å². The van der Waals surface area contributed by atoms with Gasteiger partial charge in [0.1, 0.15) is 23.4 Å². The molecule has 0 spiro atoms. The van der Waals surface area contributed by atoms with Gasteiger partial charge in [-0.05, 0) is 57.2 Å². The van der Waals surface area contributed by atoms with Crippen molar-refractivity contribution >= 4 is 21.6 Å². The number of ether oxygens (including phenoxy) is 3. The fraction of sp³-hybridized carbons (Fsp3) is 0.333. The molecule has 1 atom stereocenters. The smallest absolute Gasteiger partial charge is 0.257 e.